The summed E-state index contributed by atoms with van der Waals surface area (Å²) in [6, 6.07) is 0. The van der Waals surface area contributed by atoms with E-state index in [0.717, 1.165) is 18.3 Å². The number of rotatable bonds is 7. The third-order valence-corrected chi connectivity index (χ3v) is 2.93. The molecule has 0 aromatic rings. The number of unbranched alkanes of at least 4 members (excludes halogenated alkanes) is 2. The summed E-state index contributed by atoms with van der Waals surface area (Å²) in [5, 5.41) is 8.59. The van der Waals surface area contributed by atoms with Crippen LogP contribution < -0.4 is 0 Å². The molecule has 0 aliphatic heterocycles. The van der Waals surface area contributed by atoms with Crippen molar-refractivity contribution in [2.45, 2.75) is 52.9 Å². The van der Waals surface area contributed by atoms with Crippen LogP contribution in [0.1, 0.15) is 52.9 Å². The van der Waals surface area contributed by atoms with E-state index in [1.54, 1.807) is 0 Å². The molecule has 0 saturated heterocycles. The Morgan fingerprint density at radius 1 is 1.00 bits per heavy atom. The maximum Gasteiger partial charge on any atom is 0.0431 e. The number of aliphatic hydroxyl groups is 1. The first-order valence-electron chi connectivity index (χ1n) is 5.33. The molecule has 0 saturated carbocycles. The number of hydrogen-bond acceptors (Lipinski definition) is 1. The van der Waals surface area contributed by atoms with E-state index in [4.69, 9.17) is 5.11 Å². The van der Waals surface area contributed by atoms with Gasteiger partial charge in [0.25, 0.3) is 0 Å². The molecule has 2 unspecified atom stereocenters. The van der Waals surface area contributed by atoms with Crippen molar-refractivity contribution < 1.29 is 5.11 Å². The van der Waals surface area contributed by atoms with Crippen molar-refractivity contribution in [3.8, 4) is 0 Å². The smallest absolute Gasteiger partial charge is 0.0431 e. The Balaban J connectivity index is 3.24. The van der Waals surface area contributed by atoms with E-state index in [9.17, 15) is 0 Å². The van der Waals surface area contributed by atoms with E-state index in [1.165, 1.54) is 25.7 Å². The molecule has 0 spiro atoms. The molecule has 1 N–H and O–H groups in total. The second-order valence-corrected chi connectivity index (χ2v) is 3.94. The van der Waals surface area contributed by atoms with Crippen LogP contribution in [-0.2, 0) is 0 Å². The molecule has 0 aliphatic carbocycles. The first kappa shape index (κ1) is 12.0. The van der Waals surface area contributed by atoms with E-state index in [-0.39, 0.29) is 0 Å². The zero-order chi connectivity index (χ0) is 9.40. The minimum atomic E-state index is 0.359. The molecule has 0 aliphatic rings. The molecule has 0 bridgehead atoms. The highest BCUT2D eigenvalue weighted by atomic mass is 16.2. The van der Waals surface area contributed by atoms with Crippen LogP contribution in [0.4, 0.5) is 0 Å². The highest BCUT2D eigenvalue weighted by Gasteiger charge is 2.08. The fraction of sp³-hybridized carbons (Fsp3) is 1.00. The zero-order valence-electron chi connectivity index (χ0n) is 8.84. The lowest BCUT2D eigenvalue weighted by molar-refractivity contribution is 0.276. The van der Waals surface area contributed by atoms with Gasteiger partial charge in [0, 0.05) is 6.61 Å². The number of hydrogen-bond donors (Lipinski definition) is 1. The SMILES string of the molecule is CCC(C)C(C)CCCCCO. The Bertz CT molecular complexity index is 91.0. The third kappa shape index (κ3) is 5.59. The lowest BCUT2D eigenvalue weighted by atomic mass is 9.89. The van der Waals surface area contributed by atoms with Gasteiger partial charge in [0.2, 0.25) is 0 Å². The van der Waals surface area contributed by atoms with Crippen molar-refractivity contribution in [3.63, 3.8) is 0 Å². The van der Waals surface area contributed by atoms with Crippen molar-refractivity contribution in [1.82, 2.24) is 0 Å². The summed E-state index contributed by atoms with van der Waals surface area (Å²) in [6.07, 6.45) is 6.08. The molecule has 1 heteroatoms. The van der Waals surface area contributed by atoms with E-state index in [0.29, 0.717) is 6.61 Å². The molecule has 12 heavy (non-hydrogen) atoms. The van der Waals surface area contributed by atoms with Gasteiger partial charge in [-0.25, -0.2) is 0 Å². The average molecular weight is 172 g/mol. The first-order chi connectivity index (χ1) is 5.72. The number of aliphatic hydroxyl groups excluding tert-OH is 1. The molecule has 1 nitrogen and oxygen atoms in total. The fourth-order valence-electron chi connectivity index (χ4n) is 1.44. The Hall–Kier alpha value is -0.0400. The van der Waals surface area contributed by atoms with Gasteiger partial charge in [0.05, 0.1) is 0 Å². The van der Waals surface area contributed by atoms with Crippen LogP contribution in [0, 0.1) is 11.8 Å². The molecule has 0 fully saturated rings. The van der Waals surface area contributed by atoms with Crippen molar-refractivity contribution in [2.24, 2.45) is 11.8 Å². The second kappa shape index (κ2) is 7.60. The lowest BCUT2D eigenvalue weighted by Gasteiger charge is -2.17. The zero-order valence-corrected chi connectivity index (χ0v) is 8.84. The summed E-state index contributed by atoms with van der Waals surface area (Å²) in [5.74, 6) is 1.72. The van der Waals surface area contributed by atoms with E-state index < -0.39 is 0 Å². The summed E-state index contributed by atoms with van der Waals surface area (Å²) in [6.45, 7) is 7.29. The summed E-state index contributed by atoms with van der Waals surface area (Å²) in [7, 11) is 0. The Morgan fingerprint density at radius 3 is 2.17 bits per heavy atom. The van der Waals surface area contributed by atoms with Crippen LogP contribution in [0.5, 0.6) is 0 Å². The van der Waals surface area contributed by atoms with Crippen molar-refractivity contribution in [1.29, 1.82) is 0 Å². The normalized spacial score (nSPS) is 16.0. The van der Waals surface area contributed by atoms with Crippen LogP contribution >= 0.6 is 0 Å². The Labute approximate surface area is 77.2 Å². The van der Waals surface area contributed by atoms with E-state index in [2.05, 4.69) is 20.8 Å². The molecular formula is C11H24O. The van der Waals surface area contributed by atoms with Gasteiger partial charge in [-0.3, -0.25) is 0 Å². The van der Waals surface area contributed by atoms with Crippen molar-refractivity contribution in [3.05, 3.63) is 0 Å². The molecule has 0 amide bonds. The quantitative estimate of drug-likeness (QED) is 0.585. The summed E-state index contributed by atoms with van der Waals surface area (Å²) < 4.78 is 0. The van der Waals surface area contributed by atoms with Gasteiger partial charge in [-0.2, -0.15) is 0 Å². The summed E-state index contributed by atoms with van der Waals surface area (Å²) >= 11 is 0. The van der Waals surface area contributed by atoms with Crippen LogP contribution in [0.25, 0.3) is 0 Å². The van der Waals surface area contributed by atoms with Crippen LogP contribution in [0.15, 0.2) is 0 Å². The summed E-state index contributed by atoms with van der Waals surface area (Å²) in [5.41, 5.74) is 0. The average Bonchev–Trinajstić information content (AvgIpc) is 2.10. The van der Waals surface area contributed by atoms with Gasteiger partial charge < -0.3 is 5.11 Å². The second-order valence-electron chi connectivity index (χ2n) is 3.94. The lowest BCUT2D eigenvalue weighted by Crippen LogP contribution is -2.06. The van der Waals surface area contributed by atoms with Gasteiger partial charge in [0.1, 0.15) is 0 Å². The largest absolute Gasteiger partial charge is 0.396 e. The highest BCUT2D eigenvalue weighted by Crippen LogP contribution is 2.20. The van der Waals surface area contributed by atoms with Gasteiger partial charge in [-0.05, 0) is 18.3 Å². The minimum absolute atomic E-state index is 0.359. The van der Waals surface area contributed by atoms with Crippen LogP contribution in [0.3, 0.4) is 0 Å². The maximum absolute atomic E-state index is 8.59. The predicted octanol–water partition coefficient (Wildman–Crippen LogP) is 3.22. The molecule has 0 radical (unpaired) electrons. The first-order valence-corrected chi connectivity index (χ1v) is 5.33. The van der Waals surface area contributed by atoms with Gasteiger partial charge in [-0.1, -0.05) is 46.5 Å². The van der Waals surface area contributed by atoms with Crippen molar-refractivity contribution in [2.75, 3.05) is 6.61 Å². The molecule has 0 rings (SSSR count). The molecular weight excluding hydrogens is 148 g/mol. The monoisotopic (exact) mass is 172 g/mol. The van der Waals surface area contributed by atoms with Gasteiger partial charge in [0.15, 0.2) is 0 Å². The Kier molecular flexibility index (Phi) is 7.58. The molecule has 0 aromatic carbocycles. The highest BCUT2D eigenvalue weighted by molar-refractivity contribution is 4.60. The molecule has 0 aromatic heterocycles. The maximum atomic E-state index is 8.59. The molecule has 0 heterocycles. The third-order valence-electron chi connectivity index (χ3n) is 2.93. The van der Waals surface area contributed by atoms with Crippen LogP contribution in [0.2, 0.25) is 0 Å². The van der Waals surface area contributed by atoms with Gasteiger partial charge in [-0.15, -0.1) is 0 Å². The topological polar surface area (TPSA) is 20.2 Å². The van der Waals surface area contributed by atoms with Crippen molar-refractivity contribution >= 4 is 0 Å². The molecule has 74 valence electrons. The van der Waals surface area contributed by atoms with E-state index in [1.807, 2.05) is 0 Å². The standard InChI is InChI=1S/C11H24O/c1-4-10(2)11(3)8-6-5-7-9-12/h10-12H,4-9H2,1-3H3. The predicted molar refractivity (Wildman–Crippen MR) is 54.2 cm³/mol. The summed E-state index contributed by atoms with van der Waals surface area (Å²) in [4.78, 5) is 0. The fourth-order valence-corrected chi connectivity index (χ4v) is 1.44. The van der Waals surface area contributed by atoms with E-state index >= 15 is 0 Å². The molecule has 2 atom stereocenters. The Morgan fingerprint density at radius 2 is 1.67 bits per heavy atom. The minimum Gasteiger partial charge on any atom is -0.396 e. The van der Waals surface area contributed by atoms with Crippen LogP contribution in [-0.4, -0.2) is 11.7 Å². The van der Waals surface area contributed by atoms with Gasteiger partial charge >= 0.3 is 0 Å².